The van der Waals surface area contributed by atoms with Gasteiger partial charge in [-0.05, 0) is 66.8 Å². The van der Waals surface area contributed by atoms with E-state index in [4.69, 9.17) is 4.74 Å². The minimum Gasteiger partial charge on any atom is -0.494 e. The molecule has 1 aliphatic rings. The second-order valence-corrected chi connectivity index (χ2v) is 7.07. The maximum absolute atomic E-state index is 12.7. The van der Waals surface area contributed by atoms with Gasteiger partial charge in [0.05, 0.1) is 23.9 Å². The summed E-state index contributed by atoms with van der Waals surface area (Å²) in [6.45, 7) is 4.07. The van der Waals surface area contributed by atoms with Gasteiger partial charge in [0.1, 0.15) is 5.75 Å². The Kier molecular flexibility index (Phi) is 4.49. The molecule has 0 spiro atoms. The molecule has 3 rings (SSSR count). The van der Waals surface area contributed by atoms with Gasteiger partial charge in [0.25, 0.3) is 11.8 Å². The van der Waals surface area contributed by atoms with E-state index in [2.05, 4.69) is 27.9 Å². The number of benzene rings is 2. The number of ether oxygens (including phenoxy) is 1. The molecule has 2 amide bonds. The molecule has 0 aromatic heterocycles. The fraction of sp³-hybridized carbons (Fsp3) is 0.222. The summed E-state index contributed by atoms with van der Waals surface area (Å²) in [7, 11) is 1.53. The maximum atomic E-state index is 12.7. The molecule has 2 aromatic rings. The number of fused-ring (bicyclic) bond motifs is 1. The van der Waals surface area contributed by atoms with Crippen LogP contribution in [0.2, 0.25) is 0 Å². The van der Waals surface area contributed by atoms with Crippen LogP contribution in [0.5, 0.6) is 5.75 Å². The highest BCUT2D eigenvalue weighted by molar-refractivity contribution is 14.1. The van der Waals surface area contributed by atoms with Crippen molar-refractivity contribution >= 4 is 45.8 Å². The Balaban J connectivity index is 2.04. The minimum absolute atomic E-state index is 0.266. The van der Waals surface area contributed by atoms with E-state index in [1.54, 1.807) is 24.3 Å². The van der Waals surface area contributed by atoms with Gasteiger partial charge >= 0.3 is 0 Å². The van der Waals surface area contributed by atoms with Gasteiger partial charge in [-0.25, -0.2) is 4.90 Å². The maximum Gasteiger partial charge on any atom is 0.266 e. The van der Waals surface area contributed by atoms with Crippen molar-refractivity contribution in [1.29, 1.82) is 0 Å². The number of carbonyl (C=O) groups excluding carboxylic acids is 2. The average molecular weight is 436 g/mol. The Hall–Kier alpha value is -2.09. The van der Waals surface area contributed by atoms with Gasteiger partial charge in [0.2, 0.25) is 0 Å². The average Bonchev–Trinajstić information content (AvgIpc) is 2.78. The topological polar surface area (TPSA) is 58.6 Å². The zero-order valence-electron chi connectivity index (χ0n) is 13.6. The Labute approximate surface area is 154 Å². The van der Waals surface area contributed by atoms with Crippen LogP contribution in [0.1, 0.15) is 34.6 Å². The molecule has 0 radical (unpaired) electrons. The van der Waals surface area contributed by atoms with Crippen LogP contribution in [-0.2, 0) is 0 Å². The number of methoxy groups -OCH3 is 1. The number of nitrogens with one attached hydrogen (secondary N) is 1. The van der Waals surface area contributed by atoms with E-state index in [-0.39, 0.29) is 17.9 Å². The number of imide groups is 1. The molecule has 1 N–H and O–H groups in total. The largest absolute Gasteiger partial charge is 0.494 e. The Morgan fingerprint density at radius 1 is 1.04 bits per heavy atom. The normalized spacial score (nSPS) is 13.5. The van der Waals surface area contributed by atoms with E-state index in [0.717, 1.165) is 9.26 Å². The molecule has 2 aromatic carbocycles. The van der Waals surface area contributed by atoms with Crippen LogP contribution < -0.4 is 15.0 Å². The van der Waals surface area contributed by atoms with Gasteiger partial charge in [-0.1, -0.05) is 0 Å². The highest BCUT2D eigenvalue weighted by atomic mass is 127. The third-order valence-corrected chi connectivity index (χ3v) is 4.40. The summed E-state index contributed by atoms with van der Waals surface area (Å²) in [5.74, 6) is -0.171. The molecule has 0 atom stereocenters. The van der Waals surface area contributed by atoms with Crippen LogP contribution in [0, 0.1) is 3.57 Å². The second kappa shape index (κ2) is 6.43. The fourth-order valence-corrected chi connectivity index (χ4v) is 3.21. The summed E-state index contributed by atoms with van der Waals surface area (Å²) >= 11 is 2.13. The molecule has 0 bridgehead atoms. The molecule has 1 heterocycles. The first kappa shape index (κ1) is 16.8. The smallest absolute Gasteiger partial charge is 0.266 e. The highest BCUT2D eigenvalue weighted by Crippen LogP contribution is 2.37. The van der Waals surface area contributed by atoms with Crippen molar-refractivity contribution in [3.05, 3.63) is 51.1 Å². The van der Waals surface area contributed by atoms with Gasteiger partial charge < -0.3 is 10.1 Å². The number of rotatable bonds is 4. The Morgan fingerprint density at radius 3 is 2.42 bits per heavy atom. The Bertz CT molecular complexity index is 833. The molecule has 0 saturated carbocycles. The number of anilines is 2. The van der Waals surface area contributed by atoms with E-state index in [1.165, 1.54) is 12.0 Å². The quantitative estimate of drug-likeness (QED) is 0.583. The monoisotopic (exact) mass is 436 g/mol. The van der Waals surface area contributed by atoms with E-state index >= 15 is 0 Å². The SMILES string of the molecule is COc1cc(NC(C)C)ccc1N1C(=O)c2ccc(I)cc2C1=O. The van der Waals surface area contributed by atoms with Gasteiger partial charge in [0.15, 0.2) is 0 Å². The van der Waals surface area contributed by atoms with Crippen LogP contribution in [0.3, 0.4) is 0 Å². The second-order valence-electron chi connectivity index (χ2n) is 5.82. The third-order valence-electron chi connectivity index (χ3n) is 3.72. The van der Waals surface area contributed by atoms with E-state index in [0.29, 0.717) is 22.6 Å². The van der Waals surface area contributed by atoms with Crippen molar-refractivity contribution in [3.63, 3.8) is 0 Å². The van der Waals surface area contributed by atoms with E-state index < -0.39 is 0 Å². The number of amides is 2. The summed E-state index contributed by atoms with van der Waals surface area (Å²) in [4.78, 5) is 26.6. The van der Waals surface area contributed by atoms with Gasteiger partial charge in [0, 0.05) is 21.4 Å². The summed E-state index contributed by atoms with van der Waals surface area (Å²) in [5.41, 5.74) is 2.18. The molecular weight excluding hydrogens is 419 g/mol. The standard InChI is InChI=1S/C18H17IN2O3/c1-10(2)20-12-5-7-15(16(9-12)24-3)21-17(22)13-6-4-11(19)8-14(13)18(21)23/h4-10,20H,1-3H3. The van der Waals surface area contributed by atoms with Crippen molar-refractivity contribution in [2.45, 2.75) is 19.9 Å². The van der Waals surface area contributed by atoms with Crippen molar-refractivity contribution in [2.24, 2.45) is 0 Å². The predicted molar refractivity (Wildman–Crippen MR) is 102 cm³/mol. The lowest BCUT2D eigenvalue weighted by Gasteiger charge is -2.19. The summed E-state index contributed by atoms with van der Waals surface area (Å²) in [5, 5.41) is 3.27. The molecule has 0 saturated heterocycles. The summed E-state index contributed by atoms with van der Waals surface area (Å²) in [6.07, 6.45) is 0. The summed E-state index contributed by atoms with van der Waals surface area (Å²) in [6, 6.07) is 10.9. The van der Waals surface area contributed by atoms with E-state index in [1.807, 2.05) is 26.0 Å². The highest BCUT2D eigenvalue weighted by Gasteiger charge is 2.38. The van der Waals surface area contributed by atoms with Crippen LogP contribution in [0.4, 0.5) is 11.4 Å². The molecule has 0 unspecified atom stereocenters. The molecule has 124 valence electrons. The van der Waals surface area contributed by atoms with Crippen LogP contribution in [0.25, 0.3) is 0 Å². The number of nitrogens with zero attached hydrogens (tertiary/aromatic N) is 1. The molecular formula is C18H17IN2O3. The number of halogens is 1. The lowest BCUT2D eigenvalue weighted by molar-refractivity contribution is 0.0925. The van der Waals surface area contributed by atoms with Crippen molar-refractivity contribution in [1.82, 2.24) is 0 Å². The van der Waals surface area contributed by atoms with Crippen molar-refractivity contribution in [3.8, 4) is 5.75 Å². The van der Waals surface area contributed by atoms with Gasteiger partial charge in [-0.3, -0.25) is 9.59 Å². The minimum atomic E-state index is -0.325. The van der Waals surface area contributed by atoms with Gasteiger partial charge in [-0.2, -0.15) is 0 Å². The molecule has 0 fully saturated rings. The number of hydrogen-bond donors (Lipinski definition) is 1. The van der Waals surface area contributed by atoms with Crippen molar-refractivity contribution in [2.75, 3.05) is 17.3 Å². The third kappa shape index (κ3) is 2.86. The lowest BCUT2D eigenvalue weighted by Crippen LogP contribution is -2.29. The molecule has 0 aliphatic carbocycles. The molecule has 1 aliphatic heterocycles. The zero-order chi connectivity index (χ0) is 17.4. The van der Waals surface area contributed by atoms with Crippen LogP contribution in [-0.4, -0.2) is 25.0 Å². The first-order valence-corrected chi connectivity index (χ1v) is 8.63. The number of hydrogen-bond acceptors (Lipinski definition) is 4. The van der Waals surface area contributed by atoms with E-state index in [9.17, 15) is 9.59 Å². The van der Waals surface area contributed by atoms with Gasteiger partial charge in [-0.15, -0.1) is 0 Å². The lowest BCUT2D eigenvalue weighted by atomic mass is 10.1. The molecule has 5 nitrogen and oxygen atoms in total. The number of carbonyl (C=O) groups is 2. The van der Waals surface area contributed by atoms with Crippen LogP contribution >= 0.6 is 22.6 Å². The first-order valence-electron chi connectivity index (χ1n) is 7.55. The van der Waals surface area contributed by atoms with Crippen LogP contribution in [0.15, 0.2) is 36.4 Å². The summed E-state index contributed by atoms with van der Waals surface area (Å²) < 4.78 is 6.33. The fourth-order valence-electron chi connectivity index (χ4n) is 2.72. The Morgan fingerprint density at radius 2 is 1.75 bits per heavy atom. The molecule has 24 heavy (non-hydrogen) atoms. The predicted octanol–water partition coefficient (Wildman–Crippen LogP) is 3.92. The first-order chi connectivity index (χ1) is 11.4. The molecule has 6 heteroatoms. The van der Waals surface area contributed by atoms with Crippen molar-refractivity contribution < 1.29 is 14.3 Å². The zero-order valence-corrected chi connectivity index (χ0v) is 15.7.